The zero-order valence-corrected chi connectivity index (χ0v) is 12.7. The van der Waals surface area contributed by atoms with E-state index in [-0.39, 0.29) is 10.6 Å². The molecule has 4 heteroatoms. The lowest BCUT2D eigenvalue weighted by molar-refractivity contribution is 0.612. The summed E-state index contributed by atoms with van der Waals surface area (Å²) in [6.07, 6.45) is 0. The molecule has 0 aliphatic carbocycles. The summed E-state index contributed by atoms with van der Waals surface area (Å²) in [5, 5.41) is 1.08. The summed E-state index contributed by atoms with van der Waals surface area (Å²) in [5.74, 6) is -0.247. The molecule has 0 radical (unpaired) electrons. The van der Waals surface area contributed by atoms with Crippen molar-refractivity contribution in [1.82, 2.24) is 0 Å². The molecule has 2 aromatic carbocycles. The van der Waals surface area contributed by atoms with Gasteiger partial charge in [0.15, 0.2) is 0 Å². The minimum Gasteiger partial charge on any atom is -0.207 e. The van der Waals surface area contributed by atoms with Gasteiger partial charge in [-0.05, 0) is 36.2 Å². The molecular weight excluding hydrogens is 338 g/mol. The highest BCUT2D eigenvalue weighted by atomic mass is 79.9. The Morgan fingerprint density at radius 1 is 1.06 bits per heavy atom. The van der Waals surface area contributed by atoms with Crippen LogP contribution >= 0.6 is 39.1 Å². The van der Waals surface area contributed by atoms with Gasteiger partial charge in [-0.3, -0.25) is 0 Å². The third kappa shape index (κ3) is 2.87. The molecule has 0 fully saturated rings. The van der Waals surface area contributed by atoms with E-state index in [1.165, 1.54) is 6.07 Å². The molecule has 2 rings (SSSR count). The lowest BCUT2D eigenvalue weighted by Crippen LogP contribution is -1.98. The molecule has 0 aliphatic heterocycles. The van der Waals surface area contributed by atoms with Crippen molar-refractivity contribution in [2.24, 2.45) is 0 Å². The molecule has 0 bridgehead atoms. The number of alkyl halides is 1. The Balaban J connectivity index is 2.44. The summed E-state index contributed by atoms with van der Waals surface area (Å²) < 4.78 is 13.9. The number of rotatable bonds is 2. The normalized spacial score (nSPS) is 12.5. The number of aryl methyl sites for hydroxylation is 1. The van der Waals surface area contributed by atoms with Gasteiger partial charge in [-0.25, -0.2) is 4.39 Å². The summed E-state index contributed by atoms with van der Waals surface area (Å²) in [6, 6.07) is 10.3. The summed E-state index contributed by atoms with van der Waals surface area (Å²) in [7, 11) is 0. The number of hydrogen-bond donors (Lipinski definition) is 0. The molecule has 0 nitrogen and oxygen atoms in total. The third-order valence-electron chi connectivity index (χ3n) is 2.66. The second-order valence-corrected chi connectivity index (χ2v) is 5.81. The topological polar surface area (TPSA) is 0 Å². The largest absolute Gasteiger partial charge is 0.207 e. The van der Waals surface area contributed by atoms with Crippen LogP contribution in [0.4, 0.5) is 4.39 Å². The Bertz CT molecular complexity index is 533. The quantitative estimate of drug-likeness (QED) is 0.591. The van der Waals surface area contributed by atoms with Crippen LogP contribution < -0.4 is 0 Å². The van der Waals surface area contributed by atoms with Crippen LogP contribution in [-0.2, 0) is 0 Å². The Labute approximate surface area is 124 Å². The van der Waals surface area contributed by atoms with Gasteiger partial charge in [0.2, 0.25) is 0 Å². The lowest BCUT2D eigenvalue weighted by Gasteiger charge is -2.14. The van der Waals surface area contributed by atoms with Crippen molar-refractivity contribution in [1.29, 1.82) is 0 Å². The Hall–Kier alpha value is -0.570. The van der Waals surface area contributed by atoms with E-state index < -0.39 is 0 Å². The molecule has 1 atom stereocenters. The monoisotopic (exact) mass is 346 g/mol. The predicted octanol–water partition coefficient (Wildman–Crippen LogP) is 5.93. The van der Waals surface area contributed by atoms with Crippen LogP contribution in [0.1, 0.15) is 21.5 Å². The van der Waals surface area contributed by atoms with Gasteiger partial charge in [0.1, 0.15) is 5.82 Å². The average molecular weight is 348 g/mol. The molecule has 0 aliphatic rings. The zero-order chi connectivity index (χ0) is 13.3. The van der Waals surface area contributed by atoms with E-state index in [1.807, 2.05) is 13.0 Å². The van der Waals surface area contributed by atoms with Crippen LogP contribution in [0.2, 0.25) is 10.0 Å². The fraction of sp³-hybridized carbons (Fsp3) is 0.143. The van der Waals surface area contributed by atoms with Crippen molar-refractivity contribution in [3.63, 3.8) is 0 Å². The van der Waals surface area contributed by atoms with Crippen LogP contribution in [-0.4, -0.2) is 0 Å². The second-order valence-electron chi connectivity index (χ2n) is 4.05. The van der Waals surface area contributed by atoms with Crippen molar-refractivity contribution >= 4 is 39.1 Å². The van der Waals surface area contributed by atoms with Crippen LogP contribution in [0.5, 0.6) is 0 Å². The first-order chi connectivity index (χ1) is 8.49. The Morgan fingerprint density at radius 3 is 2.33 bits per heavy atom. The van der Waals surface area contributed by atoms with E-state index in [1.54, 1.807) is 24.3 Å². The van der Waals surface area contributed by atoms with Crippen LogP contribution in [0.3, 0.4) is 0 Å². The molecule has 2 aromatic rings. The van der Waals surface area contributed by atoms with Crippen molar-refractivity contribution in [2.45, 2.75) is 11.8 Å². The summed E-state index contributed by atoms with van der Waals surface area (Å²) in [6.45, 7) is 1.85. The van der Waals surface area contributed by atoms with Crippen molar-refractivity contribution in [3.05, 3.63) is 69.0 Å². The Kier molecular flexibility index (Phi) is 4.31. The molecule has 1 unspecified atom stereocenters. The van der Waals surface area contributed by atoms with Crippen LogP contribution in [0, 0.1) is 12.7 Å². The summed E-state index contributed by atoms with van der Waals surface area (Å²) in [5.41, 5.74) is 2.24. The molecule has 0 aromatic heterocycles. The number of halogens is 4. The molecule has 0 spiro atoms. The van der Waals surface area contributed by atoms with Gasteiger partial charge in [-0.15, -0.1) is 0 Å². The fourth-order valence-electron chi connectivity index (χ4n) is 1.71. The zero-order valence-electron chi connectivity index (χ0n) is 9.55. The molecule has 94 valence electrons. The smallest absolute Gasteiger partial charge is 0.128 e. The second kappa shape index (κ2) is 5.60. The van der Waals surface area contributed by atoms with E-state index in [9.17, 15) is 4.39 Å². The van der Waals surface area contributed by atoms with E-state index in [0.29, 0.717) is 15.6 Å². The molecule has 0 saturated carbocycles. The Morgan fingerprint density at radius 2 is 1.72 bits per heavy atom. The van der Waals surface area contributed by atoms with Gasteiger partial charge < -0.3 is 0 Å². The van der Waals surface area contributed by atoms with Crippen molar-refractivity contribution in [3.8, 4) is 0 Å². The highest BCUT2D eigenvalue weighted by Crippen LogP contribution is 2.37. The summed E-state index contributed by atoms with van der Waals surface area (Å²) >= 11 is 15.4. The van der Waals surface area contributed by atoms with Gasteiger partial charge >= 0.3 is 0 Å². The standard InChI is InChI=1S/C14H10BrCl2F/c1-8-2-4-11(13(18)6-8)14(15)10-5-3-9(16)7-12(10)17/h2-7,14H,1H3. The first-order valence-corrected chi connectivity index (χ1v) is 7.01. The first kappa shape index (κ1) is 13.9. The minimum absolute atomic E-state index is 0.247. The van der Waals surface area contributed by atoms with Gasteiger partial charge in [-0.1, -0.05) is 57.3 Å². The maximum Gasteiger partial charge on any atom is 0.128 e. The highest BCUT2D eigenvalue weighted by molar-refractivity contribution is 9.09. The summed E-state index contributed by atoms with van der Waals surface area (Å²) in [4.78, 5) is -0.289. The van der Waals surface area contributed by atoms with Crippen molar-refractivity contribution in [2.75, 3.05) is 0 Å². The fourth-order valence-corrected chi connectivity index (χ4v) is 3.13. The molecule has 0 heterocycles. The van der Waals surface area contributed by atoms with Crippen molar-refractivity contribution < 1.29 is 4.39 Å². The molecule has 0 saturated heterocycles. The van der Waals surface area contributed by atoms with Crippen LogP contribution in [0.25, 0.3) is 0 Å². The van der Waals surface area contributed by atoms with Gasteiger partial charge in [0, 0.05) is 15.6 Å². The maximum atomic E-state index is 13.9. The van der Waals surface area contributed by atoms with E-state index in [0.717, 1.165) is 11.1 Å². The first-order valence-electron chi connectivity index (χ1n) is 5.34. The lowest BCUT2D eigenvalue weighted by atomic mass is 10.0. The van der Waals surface area contributed by atoms with E-state index in [2.05, 4.69) is 15.9 Å². The predicted molar refractivity (Wildman–Crippen MR) is 78.4 cm³/mol. The van der Waals surface area contributed by atoms with E-state index in [4.69, 9.17) is 23.2 Å². The molecule has 0 N–H and O–H groups in total. The number of benzene rings is 2. The SMILES string of the molecule is Cc1ccc(C(Br)c2ccc(Cl)cc2Cl)c(F)c1. The van der Waals surface area contributed by atoms with Gasteiger partial charge in [-0.2, -0.15) is 0 Å². The van der Waals surface area contributed by atoms with Crippen LogP contribution in [0.15, 0.2) is 36.4 Å². The maximum absolute atomic E-state index is 13.9. The molecular formula is C14H10BrCl2F. The molecule has 0 amide bonds. The van der Waals surface area contributed by atoms with Gasteiger partial charge in [0.05, 0.1) is 4.83 Å². The van der Waals surface area contributed by atoms with E-state index >= 15 is 0 Å². The average Bonchev–Trinajstić information content (AvgIpc) is 2.28. The molecule has 18 heavy (non-hydrogen) atoms. The highest BCUT2D eigenvalue weighted by Gasteiger charge is 2.17. The minimum atomic E-state index is -0.289. The third-order valence-corrected chi connectivity index (χ3v) is 4.21. The van der Waals surface area contributed by atoms with Gasteiger partial charge in [0.25, 0.3) is 0 Å². The number of hydrogen-bond acceptors (Lipinski definition) is 0.